The summed E-state index contributed by atoms with van der Waals surface area (Å²) in [6, 6.07) is 0.760. The summed E-state index contributed by atoms with van der Waals surface area (Å²) in [6.07, 6.45) is 4.15. The molecule has 4 nitrogen and oxygen atoms in total. The normalized spacial score (nSPS) is 25.4. The van der Waals surface area contributed by atoms with E-state index in [0.717, 1.165) is 45.2 Å². The first kappa shape index (κ1) is 13.5. The highest BCUT2D eigenvalue weighted by atomic mass is 32.1. The number of nitrogens with zero attached hydrogens (tertiary/aromatic N) is 2. The molecule has 1 unspecified atom stereocenters. The van der Waals surface area contributed by atoms with E-state index in [4.69, 9.17) is 9.72 Å². The lowest BCUT2D eigenvalue weighted by Gasteiger charge is -2.20. The molecule has 1 atom stereocenters. The van der Waals surface area contributed by atoms with Crippen LogP contribution in [0.2, 0.25) is 0 Å². The van der Waals surface area contributed by atoms with Crippen molar-refractivity contribution in [3.05, 3.63) is 16.1 Å². The van der Waals surface area contributed by atoms with E-state index in [-0.39, 0.29) is 0 Å². The third-order valence-corrected chi connectivity index (χ3v) is 4.54. The second-order valence-electron chi connectivity index (χ2n) is 5.66. The fourth-order valence-corrected chi connectivity index (χ4v) is 3.21. The molecule has 1 aliphatic heterocycles. The number of thiazole rings is 1. The van der Waals surface area contributed by atoms with Crippen molar-refractivity contribution in [1.29, 1.82) is 0 Å². The summed E-state index contributed by atoms with van der Waals surface area (Å²) in [5.41, 5.74) is 1.21. The summed E-state index contributed by atoms with van der Waals surface area (Å²) in [7, 11) is 0. The zero-order valence-corrected chi connectivity index (χ0v) is 12.4. The Hall–Kier alpha value is -0.490. The highest BCUT2D eigenvalue weighted by molar-refractivity contribution is 7.09. The van der Waals surface area contributed by atoms with E-state index < -0.39 is 0 Å². The van der Waals surface area contributed by atoms with Crippen LogP contribution in [-0.2, 0) is 17.8 Å². The summed E-state index contributed by atoms with van der Waals surface area (Å²) in [5, 5.41) is 6.95. The van der Waals surface area contributed by atoms with Crippen LogP contribution in [-0.4, -0.2) is 41.7 Å². The van der Waals surface area contributed by atoms with Crippen LogP contribution in [0.4, 0.5) is 0 Å². The number of aromatic nitrogens is 1. The monoisotopic (exact) mass is 281 g/mol. The number of nitrogens with one attached hydrogen (secondary N) is 1. The van der Waals surface area contributed by atoms with Gasteiger partial charge in [-0.15, -0.1) is 11.3 Å². The largest absolute Gasteiger partial charge is 0.377 e. The maximum atomic E-state index is 5.68. The first-order valence-corrected chi connectivity index (χ1v) is 8.18. The van der Waals surface area contributed by atoms with E-state index in [2.05, 4.69) is 22.5 Å². The highest BCUT2D eigenvalue weighted by Crippen LogP contribution is 2.20. The molecule has 0 spiro atoms. The van der Waals surface area contributed by atoms with Crippen molar-refractivity contribution in [2.45, 2.75) is 51.4 Å². The van der Waals surface area contributed by atoms with Crippen molar-refractivity contribution < 1.29 is 4.74 Å². The molecule has 5 heteroatoms. The van der Waals surface area contributed by atoms with Crippen LogP contribution < -0.4 is 5.32 Å². The van der Waals surface area contributed by atoms with Gasteiger partial charge in [0, 0.05) is 44.2 Å². The standard InChI is InChI=1S/C14H23N3OS/c1-11-8-17(5-2-6-18-11)9-13-10-19-14(16-13)7-15-12-3-4-12/h10-12,15H,2-9H2,1H3. The van der Waals surface area contributed by atoms with Gasteiger partial charge in [-0.05, 0) is 26.2 Å². The topological polar surface area (TPSA) is 37.4 Å². The molecule has 1 saturated carbocycles. The average molecular weight is 281 g/mol. The Morgan fingerprint density at radius 3 is 3.26 bits per heavy atom. The van der Waals surface area contributed by atoms with Crippen LogP contribution >= 0.6 is 11.3 Å². The minimum Gasteiger partial charge on any atom is -0.377 e. The molecule has 2 fully saturated rings. The van der Waals surface area contributed by atoms with Gasteiger partial charge in [0.15, 0.2) is 0 Å². The Kier molecular flexibility index (Phi) is 4.48. The van der Waals surface area contributed by atoms with E-state index in [1.807, 2.05) is 0 Å². The first-order chi connectivity index (χ1) is 9.29. The van der Waals surface area contributed by atoms with Gasteiger partial charge in [-0.1, -0.05) is 0 Å². The third kappa shape index (κ3) is 4.24. The molecular formula is C14H23N3OS. The maximum Gasteiger partial charge on any atom is 0.107 e. The molecule has 1 aromatic rings. The molecule has 1 saturated heterocycles. The SMILES string of the molecule is CC1CN(Cc2csc(CNC3CC3)n2)CCCO1. The lowest BCUT2D eigenvalue weighted by atomic mass is 10.3. The van der Waals surface area contributed by atoms with Crippen molar-refractivity contribution in [3.8, 4) is 0 Å². The van der Waals surface area contributed by atoms with Gasteiger partial charge in [0.25, 0.3) is 0 Å². The van der Waals surface area contributed by atoms with E-state index in [0.29, 0.717) is 6.10 Å². The van der Waals surface area contributed by atoms with E-state index in [1.54, 1.807) is 11.3 Å². The number of ether oxygens (including phenoxy) is 1. The first-order valence-electron chi connectivity index (χ1n) is 7.30. The van der Waals surface area contributed by atoms with Crippen molar-refractivity contribution in [3.63, 3.8) is 0 Å². The molecule has 0 amide bonds. The molecule has 0 radical (unpaired) electrons. The lowest BCUT2D eigenvalue weighted by molar-refractivity contribution is 0.0666. The molecule has 19 heavy (non-hydrogen) atoms. The highest BCUT2D eigenvalue weighted by Gasteiger charge is 2.21. The van der Waals surface area contributed by atoms with Gasteiger partial charge in [-0.25, -0.2) is 4.98 Å². The third-order valence-electron chi connectivity index (χ3n) is 3.64. The molecular weight excluding hydrogens is 258 g/mol. The maximum absolute atomic E-state index is 5.68. The summed E-state index contributed by atoms with van der Waals surface area (Å²) in [4.78, 5) is 7.20. The Morgan fingerprint density at radius 2 is 2.42 bits per heavy atom. The van der Waals surface area contributed by atoms with Gasteiger partial charge < -0.3 is 10.1 Å². The van der Waals surface area contributed by atoms with Crippen LogP contribution in [0.3, 0.4) is 0 Å². The molecule has 106 valence electrons. The van der Waals surface area contributed by atoms with Crippen LogP contribution in [0.25, 0.3) is 0 Å². The van der Waals surface area contributed by atoms with Gasteiger partial charge in [0.1, 0.15) is 5.01 Å². The van der Waals surface area contributed by atoms with E-state index >= 15 is 0 Å². The molecule has 1 N–H and O–H groups in total. The van der Waals surface area contributed by atoms with Crippen LogP contribution in [0.1, 0.15) is 36.9 Å². The average Bonchev–Trinajstić information content (AvgIpc) is 3.15. The summed E-state index contributed by atoms with van der Waals surface area (Å²) in [5.74, 6) is 0. The van der Waals surface area contributed by atoms with Crippen molar-refractivity contribution in [2.24, 2.45) is 0 Å². The number of hydrogen-bond donors (Lipinski definition) is 1. The zero-order valence-electron chi connectivity index (χ0n) is 11.6. The fraction of sp³-hybridized carbons (Fsp3) is 0.786. The summed E-state index contributed by atoms with van der Waals surface area (Å²) < 4.78 is 5.68. The van der Waals surface area contributed by atoms with Gasteiger partial charge in [0.05, 0.1) is 11.8 Å². The lowest BCUT2D eigenvalue weighted by Crippen LogP contribution is -2.29. The molecule has 3 rings (SSSR count). The number of rotatable bonds is 5. The Bertz CT molecular complexity index is 405. The van der Waals surface area contributed by atoms with Gasteiger partial charge in [0.2, 0.25) is 0 Å². The predicted molar refractivity (Wildman–Crippen MR) is 77.3 cm³/mol. The molecule has 0 aromatic carbocycles. The Balaban J connectivity index is 1.50. The minimum atomic E-state index is 0.345. The quantitative estimate of drug-likeness (QED) is 0.896. The molecule has 1 aliphatic carbocycles. The molecule has 2 heterocycles. The van der Waals surface area contributed by atoms with Crippen LogP contribution in [0.5, 0.6) is 0 Å². The smallest absolute Gasteiger partial charge is 0.107 e. The molecule has 1 aromatic heterocycles. The molecule has 2 aliphatic rings. The van der Waals surface area contributed by atoms with Crippen LogP contribution in [0, 0.1) is 0 Å². The van der Waals surface area contributed by atoms with E-state index in [1.165, 1.54) is 23.5 Å². The van der Waals surface area contributed by atoms with Crippen LogP contribution in [0.15, 0.2) is 5.38 Å². The zero-order chi connectivity index (χ0) is 13.1. The predicted octanol–water partition coefficient (Wildman–Crippen LogP) is 2.01. The Morgan fingerprint density at radius 1 is 1.53 bits per heavy atom. The Labute approximate surface area is 119 Å². The second-order valence-corrected chi connectivity index (χ2v) is 6.60. The van der Waals surface area contributed by atoms with Crippen molar-refractivity contribution >= 4 is 11.3 Å². The van der Waals surface area contributed by atoms with Gasteiger partial charge in [-0.2, -0.15) is 0 Å². The molecule has 0 bridgehead atoms. The van der Waals surface area contributed by atoms with Crippen molar-refractivity contribution in [1.82, 2.24) is 15.2 Å². The number of hydrogen-bond acceptors (Lipinski definition) is 5. The van der Waals surface area contributed by atoms with E-state index in [9.17, 15) is 0 Å². The summed E-state index contributed by atoms with van der Waals surface area (Å²) in [6.45, 7) is 7.10. The van der Waals surface area contributed by atoms with Gasteiger partial charge >= 0.3 is 0 Å². The minimum absolute atomic E-state index is 0.345. The fourth-order valence-electron chi connectivity index (χ4n) is 2.47. The van der Waals surface area contributed by atoms with Gasteiger partial charge in [-0.3, -0.25) is 4.90 Å². The van der Waals surface area contributed by atoms with Crippen molar-refractivity contribution in [2.75, 3.05) is 19.7 Å². The second kappa shape index (κ2) is 6.31. The summed E-state index contributed by atoms with van der Waals surface area (Å²) >= 11 is 1.78.